The second-order valence-electron chi connectivity index (χ2n) is 19.9. The Morgan fingerprint density at radius 3 is 1.21 bits per heavy atom. The van der Waals surface area contributed by atoms with Gasteiger partial charge >= 0.3 is 19.8 Å². The summed E-state index contributed by atoms with van der Waals surface area (Å²) in [7, 11) is 1.46. The van der Waals surface area contributed by atoms with Crippen molar-refractivity contribution in [2.45, 2.75) is 238 Å². The molecular weight excluding hydrogens is 894 g/mol. The molecule has 0 amide bonds. The fraction of sp³-hybridized carbons (Fsp3) is 0.733. The lowest BCUT2D eigenvalue weighted by atomic mass is 10.0. The number of phosphoric acid groups is 1. The summed E-state index contributed by atoms with van der Waals surface area (Å²) in [5.41, 5.74) is 0. The minimum atomic E-state index is -4.39. The number of nitrogens with zero attached hydrogens (tertiary/aromatic N) is 1. The van der Waals surface area contributed by atoms with Crippen LogP contribution in [0.25, 0.3) is 0 Å². The molecule has 10 heteroatoms. The van der Waals surface area contributed by atoms with Crippen LogP contribution >= 0.6 is 7.82 Å². The van der Waals surface area contributed by atoms with E-state index < -0.39 is 26.5 Å². The molecule has 0 rings (SSSR count). The molecule has 0 bridgehead atoms. The van der Waals surface area contributed by atoms with Gasteiger partial charge in [0, 0.05) is 12.8 Å². The Morgan fingerprint density at radius 1 is 0.457 bits per heavy atom. The molecule has 0 saturated carbocycles. The molecule has 2 atom stereocenters. The van der Waals surface area contributed by atoms with Crippen molar-refractivity contribution in [3.63, 3.8) is 0 Å². The van der Waals surface area contributed by atoms with Crippen LogP contribution in [0.5, 0.6) is 0 Å². The molecule has 9 nitrogen and oxygen atoms in total. The average Bonchev–Trinajstić information content (AvgIpc) is 3.32. The minimum Gasteiger partial charge on any atom is -0.462 e. The third-order valence-corrected chi connectivity index (χ3v) is 12.9. The number of phosphoric ester groups is 1. The number of carbonyl (C=O) groups is 2. The van der Waals surface area contributed by atoms with Crippen molar-refractivity contribution in [1.82, 2.24) is 0 Å². The highest BCUT2D eigenvalue weighted by atomic mass is 31.2. The van der Waals surface area contributed by atoms with Crippen LogP contribution in [0.15, 0.2) is 85.1 Å². The Kier molecular flexibility index (Phi) is 49.1. The maximum atomic E-state index is 12.8. The zero-order valence-electron chi connectivity index (χ0n) is 45.7. The summed E-state index contributed by atoms with van der Waals surface area (Å²) in [5.74, 6) is -0.813. The number of likely N-dealkylation sites (N-methyl/N-ethyl adjacent to an activating group) is 1. The Labute approximate surface area is 431 Å². The number of allylic oxidation sites excluding steroid dienone is 14. The summed E-state index contributed by atoms with van der Waals surface area (Å²) in [6, 6.07) is 0. The third-order valence-electron chi connectivity index (χ3n) is 11.9. The first-order valence-corrected chi connectivity index (χ1v) is 29.8. The van der Waals surface area contributed by atoms with Gasteiger partial charge in [-0.25, -0.2) is 4.57 Å². The van der Waals surface area contributed by atoms with Crippen molar-refractivity contribution in [3.05, 3.63) is 85.1 Å². The second kappa shape index (κ2) is 51.1. The third kappa shape index (κ3) is 54.5. The zero-order chi connectivity index (χ0) is 51.3. The lowest BCUT2D eigenvalue weighted by molar-refractivity contribution is -0.870. The lowest BCUT2D eigenvalue weighted by Crippen LogP contribution is -2.37. The van der Waals surface area contributed by atoms with Crippen LogP contribution in [0.3, 0.4) is 0 Å². The quantitative estimate of drug-likeness (QED) is 0.0211. The number of hydrogen-bond acceptors (Lipinski definition) is 7. The van der Waals surface area contributed by atoms with Crippen molar-refractivity contribution in [2.75, 3.05) is 47.5 Å². The van der Waals surface area contributed by atoms with Crippen LogP contribution in [0.4, 0.5) is 0 Å². The molecular formula is C60H107NO8P+. The number of quaternary nitrogens is 1. The molecule has 2 unspecified atom stereocenters. The second-order valence-corrected chi connectivity index (χ2v) is 21.4. The molecule has 0 saturated heterocycles. The first-order chi connectivity index (χ1) is 34.0. The first-order valence-electron chi connectivity index (χ1n) is 28.3. The monoisotopic (exact) mass is 1000 g/mol. The molecule has 404 valence electrons. The number of ether oxygens (including phenoxy) is 2. The summed E-state index contributed by atoms with van der Waals surface area (Å²) in [4.78, 5) is 35.7. The van der Waals surface area contributed by atoms with Gasteiger partial charge < -0.3 is 18.9 Å². The van der Waals surface area contributed by atoms with Crippen molar-refractivity contribution in [1.29, 1.82) is 0 Å². The van der Waals surface area contributed by atoms with Gasteiger partial charge in [-0.15, -0.1) is 0 Å². The van der Waals surface area contributed by atoms with Crippen LogP contribution in [0.1, 0.15) is 232 Å². The van der Waals surface area contributed by atoms with E-state index in [1.165, 1.54) is 109 Å². The maximum Gasteiger partial charge on any atom is 0.472 e. The number of carbonyl (C=O) groups excluding carboxylic acids is 2. The Bertz CT molecular complexity index is 1460. The largest absolute Gasteiger partial charge is 0.472 e. The van der Waals surface area contributed by atoms with Crippen LogP contribution < -0.4 is 0 Å². The van der Waals surface area contributed by atoms with Gasteiger partial charge in [-0.1, -0.05) is 214 Å². The van der Waals surface area contributed by atoms with Gasteiger partial charge in [-0.05, 0) is 89.9 Å². The predicted molar refractivity (Wildman–Crippen MR) is 298 cm³/mol. The van der Waals surface area contributed by atoms with E-state index >= 15 is 0 Å². The molecule has 0 fully saturated rings. The highest BCUT2D eigenvalue weighted by molar-refractivity contribution is 7.47. The molecule has 0 aromatic carbocycles. The molecule has 0 aromatic rings. The van der Waals surface area contributed by atoms with Crippen molar-refractivity contribution in [3.8, 4) is 0 Å². The zero-order valence-corrected chi connectivity index (χ0v) is 46.6. The minimum absolute atomic E-state index is 0.0261. The molecule has 0 radical (unpaired) electrons. The van der Waals surface area contributed by atoms with E-state index in [0.717, 1.165) is 89.9 Å². The normalized spacial score (nSPS) is 14.0. The Morgan fingerprint density at radius 2 is 0.814 bits per heavy atom. The Hall–Kier alpha value is -2.81. The molecule has 70 heavy (non-hydrogen) atoms. The lowest BCUT2D eigenvalue weighted by Gasteiger charge is -2.24. The molecule has 0 aliphatic rings. The summed E-state index contributed by atoms with van der Waals surface area (Å²) in [6.07, 6.45) is 67.8. The molecule has 0 aliphatic heterocycles. The van der Waals surface area contributed by atoms with Crippen LogP contribution in [0, 0.1) is 0 Å². The fourth-order valence-electron chi connectivity index (χ4n) is 7.54. The summed E-state index contributed by atoms with van der Waals surface area (Å²) < 4.78 is 34.5. The van der Waals surface area contributed by atoms with E-state index in [2.05, 4.69) is 98.9 Å². The van der Waals surface area contributed by atoms with E-state index in [0.29, 0.717) is 17.4 Å². The van der Waals surface area contributed by atoms with E-state index in [1.54, 1.807) is 0 Å². The molecule has 0 spiro atoms. The standard InChI is InChI=1S/C60H106NO8P/c1-6-8-10-12-14-16-18-20-22-24-26-27-28-29-30-31-32-33-35-37-39-41-43-45-47-49-51-53-60(63)69-58(57-68-70(64,65)67-55-54-61(3,4)5)56-66-59(62)52-50-48-46-44-42-40-38-36-34-25-23-21-19-17-15-13-11-9-7-2/h8,10,14-17,20-23,26-27,34,36,58H,6-7,9,11-13,18-19,24-25,28-33,35,37-57H2,1-5H3/p+1/b10-8-,16-14-,17-15-,22-20-,23-21-,27-26-,36-34-. The van der Waals surface area contributed by atoms with Gasteiger partial charge in [-0.2, -0.15) is 0 Å². The first kappa shape index (κ1) is 67.2. The smallest absolute Gasteiger partial charge is 0.462 e. The van der Waals surface area contributed by atoms with Crippen LogP contribution in [0.2, 0.25) is 0 Å². The SMILES string of the molecule is CC/C=C\C/C=C\C/C=C\C/C=C\CCCCCCCCCCCCCCCCC(=O)OC(COC(=O)CCCCCCCC/C=C\C/C=C\C/C=C\CCCCC)COP(=O)(O)OCC[N+](C)(C)C. The maximum absolute atomic E-state index is 12.8. The van der Waals surface area contributed by atoms with E-state index in [1.807, 2.05) is 21.1 Å². The number of hydrogen-bond donors (Lipinski definition) is 1. The van der Waals surface area contributed by atoms with E-state index in [-0.39, 0.29) is 32.0 Å². The van der Waals surface area contributed by atoms with Crippen molar-refractivity contribution >= 4 is 19.8 Å². The van der Waals surface area contributed by atoms with Crippen molar-refractivity contribution < 1.29 is 42.1 Å². The summed E-state index contributed by atoms with van der Waals surface area (Å²) >= 11 is 0. The molecule has 0 aromatic heterocycles. The van der Waals surface area contributed by atoms with E-state index in [4.69, 9.17) is 18.5 Å². The highest BCUT2D eigenvalue weighted by Gasteiger charge is 2.27. The van der Waals surface area contributed by atoms with Crippen LogP contribution in [-0.4, -0.2) is 74.9 Å². The van der Waals surface area contributed by atoms with Gasteiger partial charge in [0.25, 0.3) is 0 Å². The molecule has 1 N–H and O–H groups in total. The summed E-state index contributed by atoms with van der Waals surface area (Å²) in [6.45, 7) is 4.28. The van der Waals surface area contributed by atoms with Crippen molar-refractivity contribution in [2.24, 2.45) is 0 Å². The average molecular weight is 1000 g/mol. The van der Waals surface area contributed by atoms with Gasteiger partial charge in [0.1, 0.15) is 19.8 Å². The van der Waals surface area contributed by atoms with Crippen LogP contribution in [-0.2, 0) is 32.7 Å². The topological polar surface area (TPSA) is 108 Å². The fourth-order valence-corrected chi connectivity index (χ4v) is 8.28. The van der Waals surface area contributed by atoms with Gasteiger partial charge in [0.15, 0.2) is 6.10 Å². The predicted octanol–water partition coefficient (Wildman–Crippen LogP) is 17.5. The Balaban J connectivity index is 4.19. The summed E-state index contributed by atoms with van der Waals surface area (Å²) in [5, 5.41) is 0. The van der Waals surface area contributed by atoms with Gasteiger partial charge in [-0.3, -0.25) is 18.6 Å². The van der Waals surface area contributed by atoms with Gasteiger partial charge in [0.2, 0.25) is 0 Å². The number of unbranched alkanes of at least 4 members (excludes halogenated alkanes) is 23. The number of rotatable bonds is 51. The van der Waals surface area contributed by atoms with Gasteiger partial charge in [0.05, 0.1) is 27.7 Å². The molecule has 0 heterocycles. The molecule has 0 aliphatic carbocycles. The number of esters is 2. The van der Waals surface area contributed by atoms with E-state index in [9.17, 15) is 19.0 Å². The highest BCUT2D eigenvalue weighted by Crippen LogP contribution is 2.43.